The van der Waals surface area contributed by atoms with Crippen molar-refractivity contribution in [2.75, 3.05) is 0 Å². The smallest absolute Gasteiger partial charge is 0.277 e. The Labute approximate surface area is 144 Å². The van der Waals surface area contributed by atoms with Crippen LogP contribution in [0.25, 0.3) is 0 Å². The number of rotatable bonds is 7. The zero-order valence-electron chi connectivity index (χ0n) is 13.9. The third-order valence-corrected chi connectivity index (χ3v) is 4.31. The predicted molar refractivity (Wildman–Crippen MR) is 92.7 cm³/mol. The summed E-state index contributed by atoms with van der Waals surface area (Å²) in [6.45, 7) is 3.76. The molecule has 0 aliphatic rings. The van der Waals surface area contributed by atoms with Crippen LogP contribution in [-0.4, -0.2) is 15.6 Å². The van der Waals surface area contributed by atoms with E-state index in [0.717, 1.165) is 23.8 Å². The van der Waals surface area contributed by atoms with Crippen LogP contribution in [0.2, 0.25) is 0 Å². The standard InChI is InChI=1S/C18H18N2O5/c1-3-17(12(2)13-7-5-4-6-8-13)18(21)14-9-15(19(22)23)11-16(10-14)20(24)25/h4-12,17H,3H2,1-2H3/t12-,17-/m0/s1. The zero-order chi connectivity index (χ0) is 18.6. The lowest BCUT2D eigenvalue weighted by Gasteiger charge is -2.22. The van der Waals surface area contributed by atoms with Crippen LogP contribution in [-0.2, 0) is 0 Å². The van der Waals surface area contributed by atoms with Crippen LogP contribution in [0.4, 0.5) is 11.4 Å². The number of non-ortho nitro benzene ring substituents is 2. The highest BCUT2D eigenvalue weighted by atomic mass is 16.6. The molecule has 25 heavy (non-hydrogen) atoms. The summed E-state index contributed by atoms with van der Waals surface area (Å²) >= 11 is 0. The molecule has 0 amide bonds. The Hall–Kier alpha value is -3.09. The first-order valence-electron chi connectivity index (χ1n) is 7.88. The first-order valence-corrected chi connectivity index (χ1v) is 7.88. The number of hydrogen-bond donors (Lipinski definition) is 0. The van der Waals surface area contributed by atoms with E-state index in [4.69, 9.17) is 0 Å². The maximum Gasteiger partial charge on any atom is 0.277 e. The molecule has 0 N–H and O–H groups in total. The second kappa shape index (κ2) is 7.65. The molecule has 0 saturated carbocycles. The maximum absolute atomic E-state index is 12.9. The van der Waals surface area contributed by atoms with Gasteiger partial charge in [-0.25, -0.2) is 0 Å². The summed E-state index contributed by atoms with van der Waals surface area (Å²) in [6.07, 6.45) is 0.519. The van der Waals surface area contributed by atoms with Crippen molar-refractivity contribution >= 4 is 17.2 Å². The van der Waals surface area contributed by atoms with Gasteiger partial charge >= 0.3 is 0 Å². The highest BCUT2D eigenvalue weighted by Gasteiger charge is 2.28. The zero-order valence-corrected chi connectivity index (χ0v) is 13.9. The van der Waals surface area contributed by atoms with Crippen molar-refractivity contribution < 1.29 is 14.6 Å². The van der Waals surface area contributed by atoms with E-state index in [1.807, 2.05) is 44.2 Å². The lowest BCUT2D eigenvalue weighted by atomic mass is 9.81. The Kier molecular flexibility index (Phi) is 5.59. The number of nitrogens with zero attached hydrogens (tertiary/aromatic N) is 2. The highest BCUT2D eigenvalue weighted by Crippen LogP contribution is 2.32. The van der Waals surface area contributed by atoms with Crippen molar-refractivity contribution in [2.24, 2.45) is 5.92 Å². The molecule has 7 nitrogen and oxygen atoms in total. The first-order chi connectivity index (χ1) is 11.8. The van der Waals surface area contributed by atoms with E-state index in [1.165, 1.54) is 0 Å². The van der Waals surface area contributed by atoms with Crippen LogP contribution >= 0.6 is 0 Å². The van der Waals surface area contributed by atoms with E-state index in [1.54, 1.807) is 0 Å². The molecule has 0 unspecified atom stereocenters. The number of carbonyl (C=O) groups is 1. The molecule has 2 atom stereocenters. The summed E-state index contributed by atoms with van der Waals surface area (Å²) in [7, 11) is 0. The predicted octanol–water partition coefficient (Wildman–Crippen LogP) is 4.52. The van der Waals surface area contributed by atoms with E-state index in [9.17, 15) is 25.0 Å². The molecule has 130 valence electrons. The Morgan fingerprint density at radius 1 is 1.00 bits per heavy atom. The summed E-state index contributed by atoms with van der Waals surface area (Å²) in [5, 5.41) is 22.0. The van der Waals surface area contributed by atoms with Gasteiger partial charge in [0, 0.05) is 23.6 Å². The lowest BCUT2D eigenvalue weighted by molar-refractivity contribution is -0.394. The molecule has 2 rings (SSSR count). The van der Waals surface area contributed by atoms with Gasteiger partial charge in [0.1, 0.15) is 0 Å². The summed E-state index contributed by atoms with van der Waals surface area (Å²) in [5.41, 5.74) is 0.0534. The molecule has 0 heterocycles. The van der Waals surface area contributed by atoms with Gasteiger partial charge in [-0.15, -0.1) is 0 Å². The first kappa shape index (κ1) is 18.3. The summed E-state index contributed by atoms with van der Waals surface area (Å²) < 4.78 is 0. The number of nitro benzene ring substituents is 2. The maximum atomic E-state index is 12.9. The lowest BCUT2D eigenvalue weighted by Crippen LogP contribution is -2.20. The Balaban J connectivity index is 2.43. The van der Waals surface area contributed by atoms with E-state index < -0.39 is 27.1 Å². The van der Waals surface area contributed by atoms with E-state index in [0.29, 0.717) is 6.42 Å². The minimum absolute atomic E-state index is 0.00414. The molecule has 7 heteroatoms. The quantitative estimate of drug-likeness (QED) is 0.418. The molecule has 0 radical (unpaired) electrons. The largest absolute Gasteiger partial charge is 0.294 e. The van der Waals surface area contributed by atoms with Gasteiger partial charge in [-0.3, -0.25) is 25.0 Å². The Bertz CT molecular complexity index is 772. The minimum atomic E-state index is -0.731. The van der Waals surface area contributed by atoms with Gasteiger partial charge in [-0.1, -0.05) is 44.2 Å². The third kappa shape index (κ3) is 4.06. The van der Waals surface area contributed by atoms with Gasteiger partial charge < -0.3 is 0 Å². The van der Waals surface area contributed by atoms with Crippen molar-refractivity contribution in [1.82, 2.24) is 0 Å². The van der Waals surface area contributed by atoms with Crippen molar-refractivity contribution in [3.05, 3.63) is 79.9 Å². The van der Waals surface area contributed by atoms with Gasteiger partial charge in [0.2, 0.25) is 0 Å². The van der Waals surface area contributed by atoms with Crippen LogP contribution in [0.15, 0.2) is 48.5 Å². The van der Waals surface area contributed by atoms with Gasteiger partial charge in [0.15, 0.2) is 5.78 Å². The van der Waals surface area contributed by atoms with Gasteiger partial charge in [0.05, 0.1) is 15.9 Å². The van der Waals surface area contributed by atoms with Crippen molar-refractivity contribution in [1.29, 1.82) is 0 Å². The molecule has 2 aromatic rings. The van der Waals surface area contributed by atoms with Crippen LogP contribution < -0.4 is 0 Å². The fraction of sp³-hybridized carbons (Fsp3) is 0.278. The van der Waals surface area contributed by atoms with E-state index in [2.05, 4.69) is 0 Å². The van der Waals surface area contributed by atoms with E-state index >= 15 is 0 Å². The normalized spacial score (nSPS) is 13.0. The number of benzene rings is 2. The fourth-order valence-corrected chi connectivity index (χ4v) is 2.92. The van der Waals surface area contributed by atoms with Crippen LogP contribution in [0.3, 0.4) is 0 Å². The molecule has 2 aromatic carbocycles. The monoisotopic (exact) mass is 342 g/mol. The number of ketones is 1. The molecule has 0 saturated heterocycles. The van der Waals surface area contributed by atoms with Gasteiger partial charge in [-0.05, 0) is 17.9 Å². The minimum Gasteiger partial charge on any atom is -0.294 e. The molecule has 0 aliphatic carbocycles. The number of hydrogen-bond acceptors (Lipinski definition) is 5. The summed E-state index contributed by atoms with van der Waals surface area (Å²) in [6, 6.07) is 12.5. The average Bonchev–Trinajstić information content (AvgIpc) is 2.62. The number of Topliss-reactive ketones (excluding diaryl/α,β-unsaturated/α-hetero) is 1. The number of carbonyl (C=O) groups excluding carboxylic acids is 1. The van der Waals surface area contributed by atoms with Crippen molar-refractivity contribution in [3.63, 3.8) is 0 Å². The Morgan fingerprint density at radius 2 is 1.52 bits per heavy atom. The second-order valence-corrected chi connectivity index (χ2v) is 5.83. The van der Waals surface area contributed by atoms with Gasteiger partial charge in [0.25, 0.3) is 11.4 Å². The van der Waals surface area contributed by atoms with Crippen molar-refractivity contribution in [2.45, 2.75) is 26.2 Å². The topological polar surface area (TPSA) is 103 Å². The SMILES string of the molecule is CC[C@H](C(=O)c1cc([N+](=O)[O-])cc([N+](=O)[O-])c1)[C@@H](C)c1ccccc1. The molecule has 0 aromatic heterocycles. The molecular formula is C18H18N2O5. The van der Waals surface area contributed by atoms with Crippen LogP contribution in [0.1, 0.15) is 42.1 Å². The fourth-order valence-electron chi connectivity index (χ4n) is 2.92. The molecule has 0 fully saturated rings. The summed E-state index contributed by atoms with van der Waals surface area (Å²) in [4.78, 5) is 33.5. The molecule has 0 aliphatic heterocycles. The van der Waals surface area contributed by atoms with Crippen LogP contribution in [0.5, 0.6) is 0 Å². The average molecular weight is 342 g/mol. The van der Waals surface area contributed by atoms with Crippen LogP contribution in [0, 0.1) is 26.1 Å². The van der Waals surface area contributed by atoms with E-state index in [-0.39, 0.29) is 17.3 Å². The third-order valence-electron chi connectivity index (χ3n) is 4.31. The molecule has 0 spiro atoms. The number of nitro groups is 2. The molecular weight excluding hydrogens is 324 g/mol. The summed E-state index contributed by atoms with van der Waals surface area (Å²) in [5.74, 6) is -0.869. The van der Waals surface area contributed by atoms with Gasteiger partial charge in [-0.2, -0.15) is 0 Å². The van der Waals surface area contributed by atoms with Crippen molar-refractivity contribution in [3.8, 4) is 0 Å². The molecule has 0 bridgehead atoms. The highest BCUT2D eigenvalue weighted by molar-refractivity contribution is 5.99. The Morgan fingerprint density at radius 3 is 1.96 bits per heavy atom. The second-order valence-electron chi connectivity index (χ2n) is 5.83.